The molecule has 1 amide bonds. The van der Waals surface area contributed by atoms with Gasteiger partial charge in [0.1, 0.15) is 23.9 Å². The summed E-state index contributed by atoms with van der Waals surface area (Å²) in [6.45, 7) is 11.5. The van der Waals surface area contributed by atoms with Gasteiger partial charge in [-0.15, -0.1) is 0 Å². The number of hydrogen-bond donors (Lipinski definition) is 1. The Labute approximate surface area is 260 Å². The summed E-state index contributed by atoms with van der Waals surface area (Å²) in [5.41, 5.74) is -1.26. The van der Waals surface area contributed by atoms with Crippen LogP contribution in [0.5, 0.6) is 0 Å². The van der Waals surface area contributed by atoms with E-state index in [1.165, 1.54) is 0 Å². The molecule has 0 saturated carbocycles. The minimum atomic E-state index is -2.04. The van der Waals surface area contributed by atoms with Crippen LogP contribution in [0.15, 0.2) is 41.2 Å². The molecule has 0 radical (unpaired) electrons. The maximum absolute atomic E-state index is 13.8. The molecule has 2 atom stereocenters. The van der Waals surface area contributed by atoms with Crippen LogP contribution >= 0.6 is 0 Å². The normalized spacial score (nSPS) is 17.8. The number of hydrogen-bond acceptors (Lipinski definition) is 10. The van der Waals surface area contributed by atoms with Crippen molar-refractivity contribution in [3.63, 3.8) is 0 Å². The average molecular weight is 620 g/mol. The van der Waals surface area contributed by atoms with Crippen molar-refractivity contribution in [2.45, 2.75) is 97.3 Å². The molecule has 0 saturated heterocycles. The largest absolute Gasteiger partial charge is 0.460 e. The fraction of sp³-hybridized carbons (Fsp3) is 0.455. The summed E-state index contributed by atoms with van der Waals surface area (Å²) in [7, 11) is 0. The lowest BCUT2D eigenvalue weighted by molar-refractivity contribution is -0.191. The minimum absolute atomic E-state index is 0.100. The zero-order chi connectivity index (χ0) is 32.9. The second-order valence-electron chi connectivity index (χ2n) is 13.2. The summed E-state index contributed by atoms with van der Waals surface area (Å²) >= 11 is 0. The Hall–Kier alpha value is -4.74. The third-order valence-electron chi connectivity index (χ3n) is 7.43. The number of ether oxygens (including phenoxy) is 4. The number of aromatic nitrogens is 2. The van der Waals surface area contributed by atoms with E-state index >= 15 is 0 Å². The van der Waals surface area contributed by atoms with Crippen molar-refractivity contribution in [2.24, 2.45) is 0 Å². The summed E-state index contributed by atoms with van der Waals surface area (Å²) in [5, 5.41) is 3.30. The summed E-state index contributed by atoms with van der Waals surface area (Å²) in [5.74, 6) is -2.78. The quantitative estimate of drug-likeness (QED) is 0.245. The van der Waals surface area contributed by atoms with E-state index in [9.17, 15) is 24.0 Å². The molecule has 2 aliphatic heterocycles. The number of nitrogens with zero attached hydrogens (tertiary/aromatic N) is 2. The van der Waals surface area contributed by atoms with Gasteiger partial charge >= 0.3 is 24.0 Å². The molecule has 0 bridgehead atoms. The van der Waals surface area contributed by atoms with E-state index < -0.39 is 58.8 Å². The minimum Gasteiger partial charge on any atom is -0.460 e. The standard InChI is InChI=1S/C33H37N3O9/c1-8-33(44-28(39)23(15-25(37)43-31(2,3)4)35-30(41)45-32(5,6)7)21-14-24-26-19(13-18-11-9-10-12-22(18)34-26)16-36(24)27(38)20(21)17-42-29(33)40/h9-14,23H,8,15-17H2,1-7H3,(H,35,41)/t23?,33-/m0/s1. The van der Waals surface area contributed by atoms with Gasteiger partial charge in [-0.2, -0.15) is 0 Å². The van der Waals surface area contributed by atoms with Gasteiger partial charge in [0.25, 0.3) is 5.56 Å². The third-order valence-corrected chi connectivity index (χ3v) is 7.43. The topological polar surface area (TPSA) is 152 Å². The lowest BCUT2D eigenvalue weighted by atomic mass is 9.85. The number of amides is 1. The molecule has 3 aromatic rings. The van der Waals surface area contributed by atoms with Crippen LogP contribution in [-0.4, -0.2) is 50.8 Å². The van der Waals surface area contributed by atoms with Gasteiger partial charge in [0.15, 0.2) is 0 Å². The summed E-state index contributed by atoms with van der Waals surface area (Å²) < 4.78 is 23.5. The Morgan fingerprint density at radius 1 is 1.04 bits per heavy atom. The highest BCUT2D eigenvalue weighted by Gasteiger charge is 2.51. The van der Waals surface area contributed by atoms with E-state index in [-0.39, 0.29) is 30.7 Å². The van der Waals surface area contributed by atoms with E-state index in [1.807, 2.05) is 30.3 Å². The lowest BCUT2D eigenvalue weighted by Crippen LogP contribution is -2.52. The molecule has 2 aromatic heterocycles. The molecule has 4 heterocycles. The highest BCUT2D eigenvalue weighted by molar-refractivity contribution is 5.91. The van der Waals surface area contributed by atoms with Gasteiger partial charge in [-0.05, 0) is 66.2 Å². The summed E-state index contributed by atoms with van der Waals surface area (Å²) in [4.78, 5) is 71.4. The SMILES string of the molecule is CC[C@@]1(OC(=O)C(CC(=O)OC(C)(C)C)NC(=O)OC(C)(C)C)C(=O)OCc2c1cc1n(c2=O)Cc2cc3ccccc3nc2-1. The first kappa shape index (κ1) is 31.7. The number of esters is 3. The molecular weight excluding hydrogens is 582 g/mol. The van der Waals surface area contributed by atoms with Crippen molar-refractivity contribution in [1.29, 1.82) is 0 Å². The number of benzene rings is 1. The number of alkyl carbamates (subject to hydrolysis) is 1. The number of carbonyl (C=O) groups excluding carboxylic acids is 4. The summed E-state index contributed by atoms with van der Waals surface area (Å²) in [6.07, 6.45) is -1.68. The first-order valence-corrected chi connectivity index (χ1v) is 14.8. The molecule has 1 unspecified atom stereocenters. The molecule has 45 heavy (non-hydrogen) atoms. The molecule has 12 heteroatoms. The van der Waals surface area contributed by atoms with Crippen molar-refractivity contribution in [2.75, 3.05) is 0 Å². The predicted molar refractivity (Wildman–Crippen MR) is 162 cm³/mol. The van der Waals surface area contributed by atoms with Gasteiger partial charge in [-0.1, -0.05) is 25.1 Å². The highest BCUT2D eigenvalue weighted by atomic mass is 16.6. The van der Waals surface area contributed by atoms with Crippen molar-refractivity contribution >= 4 is 34.9 Å². The van der Waals surface area contributed by atoms with E-state index in [0.29, 0.717) is 11.4 Å². The second kappa shape index (κ2) is 11.3. The van der Waals surface area contributed by atoms with Crippen LogP contribution in [0.1, 0.15) is 78.0 Å². The monoisotopic (exact) mass is 619 g/mol. The molecule has 2 aliphatic rings. The Bertz CT molecular complexity index is 1750. The Morgan fingerprint density at radius 3 is 2.40 bits per heavy atom. The second-order valence-corrected chi connectivity index (χ2v) is 13.2. The first-order chi connectivity index (χ1) is 21.0. The molecule has 238 valence electrons. The van der Waals surface area contributed by atoms with Gasteiger partial charge in [0.05, 0.1) is 35.4 Å². The number of carbonyl (C=O) groups is 4. The van der Waals surface area contributed by atoms with E-state index in [2.05, 4.69) is 5.32 Å². The third kappa shape index (κ3) is 6.27. The first-order valence-electron chi connectivity index (χ1n) is 14.8. The van der Waals surface area contributed by atoms with Crippen LogP contribution in [-0.2, 0) is 52.1 Å². The number of nitrogens with one attached hydrogen (secondary N) is 1. The van der Waals surface area contributed by atoms with Crippen LogP contribution < -0.4 is 10.9 Å². The van der Waals surface area contributed by atoms with Crippen LogP contribution in [0.2, 0.25) is 0 Å². The van der Waals surface area contributed by atoms with Gasteiger partial charge in [0, 0.05) is 16.5 Å². The van der Waals surface area contributed by atoms with Gasteiger partial charge in [0.2, 0.25) is 5.60 Å². The van der Waals surface area contributed by atoms with E-state index in [0.717, 1.165) is 16.5 Å². The van der Waals surface area contributed by atoms with Crippen LogP contribution in [0, 0.1) is 0 Å². The lowest BCUT2D eigenvalue weighted by Gasteiger charge is -2.36. The van der Waals surface area contributed by atoms with Crippen molar-refractivity contribution in [3.8, 4) is 11.4 Å². The number of cyclic esters (lactones) is 1. The smallest absolute Gasteiger partial charge is 0.408 e. The average Bonchev–Trinajstić information content (AvgIpc) is 3.28. The maximum Gasteiger partial charge on any atom is 0.408 e. The molecule has 0 spiro atoms. The number of para-hydroxylation sites is 1. The molecule has 1 aromatic carbocycles. The maximum atomic E-state index is 13.8. The van der Waals surface area contributed by atoms with Crippen LogP contribution in [0.25, 0.3) is 22.3 Å². The zero-order valence-corrected chi connectivity index (χ0v) is 26.4. The van der Waals surface area contributed by atoms with Crippen molar-refractivity contribution in [1.82, 2.24) is 14.9 Å². The van der Waals surface area contributed by atoms with Crippen LogP contribution in [0.4, 0.5) is 4.79 Å². The molecular formula is C33H37N3O9. The van der Waals surface area contributed by atoms with Crippen LogP contribution in [0.3, 0.4) is 0 Å². The molecule has 12 nitrogen and oxygen atoms in total. The highest BCUT2D eigenvalue weighted by Crippen LogP contribution is 2.41. The zero-order valence-electron chi connectivity index (χ0n) is 26.4. The molecule has 5 rings (SSSR count). The Kier molecular flexibility index (Phi) is 7.97. The van der Waals surface area contributed by atoms with Crippen molar-refractivity contribution < 1.29 is 38.1 Å². The number of pyridine rings is 2. The van der Waals surface area contributed by atoms with E-state index in [1.54, 1.807) is 59.1 Å². The molecule has 1 N–H and O–H groups in total. The van der Waals surface area contributed by atoms with Gasteiger partial charge < -0.3 is 28.8 Å². The fourth-order valence-corrected chi connectivity index (χ4v) is 5.52. The number of fused-ring (bicyclic) bond motifs is 5. The Morgan fingerprint density at radius 2 is 1.73 bits per heavy atom. The molecule has 0 fully saturated rings. The fourth-order valence-electron chi connectivity index (χ4n) is 5.52. The van der Waals surface area contributed by atoms with Crippen molar-refractivity contribution in [3.05, 3.63) is 63.4 Å². The predicted octanol–water partition coefficient (Wildman–Crippen LogP) is 4.26. The summed E-state index contributed by atoms with van der Waals surface area (Å²) in [6, 6.07) is 9.62. The van der Waals surface area contributed by atoms with Gasteiger partial charge in [-0.3, -0.25) is 9.59 Å². The Balaban J connectivity index is 1.55. The van der Waals surface area contributed by atoms with E-state index in [4.69, 9.17) is 23.9 Å². The van der Waals surface area contributed by atoms with Gasteiger partial charge in [-0.25, -0.2) is 19.4 Å². The number of rotatable bonds is 6. The molecule has 0 aliphatic carbocycles.